The van der Waals surface area contributed by atoms with Crippen LogP contribution >= 0.6 is 58.0 Å². The number of rotatable bonds is 28. The van der Waals surface area contributed by atoms with Gasteiger partial charge in [0, 0.05) is 145 Å². The van der Waals surface area contributed by atoms with Crippen molar-refractivity contribution < 1.29 is 41.1 Å². The molecule has 5 aliphatic heterocycles. The average Bonchev–Trinajstić information content (AvgIpc) is 1.05. The molecule has 776 valence electrons. The lowest BCUT2D eigenvalue weighted by Gasteiger charge is -2.56. The van der Waals surface area contributed by atoms with Crippen LogP contribution in [0.25, 0.3) is 44.5 Å². The highest BCUT2D eigenvalue weighted by Gasteiger charge is 2.51. The van der Waals surface area contributed by atoms with E-state index in [2.05, 4.69) is 158 Å². The number of aromatic nitrogens is 1. The maximum Gasteiger partial charge on any atom is 0.242 e. The summed E-state index contributed by atoms with van der Waals surface area (Å²) in [6, 6.07) is 82.7. The number of nitrogens with one attached hydrogen (secondary N) is 7. The third kappa shape index (κ3) is 27.1. The van der Waals surface area contributed by atoms with E-state index in [9.17, 15) is 46.4 Å². The van der Waals surface area contributed by atoms with E-state index < -0.39 is 17.5 Å². The van der Waals surface area contributed by atoms with Crippen LogP contribution in [0.15, 0.2) is 267 Å². The summed E-state index contributed by atoms with van der Waals surface area (Å²) in [6.07, 6.45) is 28.0. The van der Waals surface area contributed by atoms with E-state index in [1.54, 1.807) is 42.6 Å². The molecule has 9 fully saturated rings. The van der Waals surface area contributed by atoms with Crippen molar-refractivity contribution in [2.24, 2.45) is 5.92 Å². The minimum Gasteiger partial charge on any atom is -0.325 e. The molecule has 4 saturated carbocycles. The van der Waals surface area contributed by atoms with Gasteiger partial charge in [-0.25, -0.2) is 26.9 Å². The van der Waals surface area contributed by atoms with Crippen molar-refractivity contribution in [2.45, 2.75) is 194 Å². The molecule has 4 aliphatic carbocycles. The van der Waals surface area contributed by atoms with Gasteiger partial charge in [-0.15, -0.1) is 0 Å². The summed E-state index contributed by atoms with van der Waals surface area (Å²) < 4.78 is 68.2. The molecular formula is C121H128Cl5F5N14O4. The van der Waals surface area contributed by atoms with Crippen molar-refractivity contribution in [1.29, 1.82) is 5.26 Å². The van der Waals surface area contributed by atoms with Crippen molar-refractivity contribution in [2.75, 3.05) is 106 Å². The number of piperidine rings is 4. The minimum atomic E-state index is -0.524. The number of carbonyl (C=O) groups is 4. The Hall–Kier alpha value is -11.3. The molecule has 1 atom stereocenters. The van der Waals surface area contributed by atoms with Gasteiger partial charge in [-0.05, 0) is 274 Å². The Morgan fingerprint density at radius 2 is 0.752 bits per heavy atom. The molecule has 7 N–H and O–H groups in total. The predicted molar refractivity (Wildman–Crippen MR) is 589 cm³/mol. The van der Waals surface area contributed by atoms with Gasteiger partial charge in [-0.1, -0.05) is 254 Å². The fourth-order valence-electron chi connectivity index (χ4n) is 23.4. The highest BCUT2D eigenvalue weighted by atomic mass is 35.5. The molecule has 0 bridgehead atoms. The van der Waals surface area contributed by atoms with Crippen LogP contribution in [-0.4, -0.2) is 162 Å². The molecule has 0 spiro atoms. The van der Waals surface area contributed by atoms with Crippen LogP contribution in [0, 0.1) is 46.3 Å². The van der Waals surface area contributed by atoms with E-state index in [0.29, 0.717) is 57.2 Å². The fourth-order valence-corrected chi connectivity index (χ4v) is 24.3. The monoisotopic (exact) mass is 2110 g/mol. The SMILES string of the molecule is N#Cc1cccc(-c2ccc(C3(N4CCC4C(=O)Nc4ccc(Cl)cn4)CCN(CC4CC4)CC3)cc2)c1.O=C(CNC1(c2ccc(-c3ccc(F)cc3)cc2)CCN(C2CCCC2)CC1)Nc1ccc(F)c(Cl)c1.O=C(CNC1(c2ccc(-c3ccccc3Cl)cc2)CCN(C2CCCC2)CC1)Nc1ccc(F)c(Cl)c1.O=C(CNC1(c2ccc(-c3ccccc3F)cc2)CCN(C2CCCC2)CC1)Nc1ccc(F)c(Cl)c1. The summed E-state index contributed by atoms with van der Waals surface area (Å²) in [7, 11) is 0. The third-order valence-electron chi connectivity index (χ3n) is 32.2. The van der Waals surface area contributed by atoms with Crippen LogP contribution in [-0.2, 0) is 41.3 Å². The van der Waals surface area contributed by atoms with Gasteiger partial charge in [0.05, 0.1) is 57.4 Å². The first-order valence-electron chi connectivity index (χ1n) is 52.6. The van der Waals surface area contributed by atoms with Gasteiger partial charge in [0.2, 0.25) is 23.6 Å². The quantitative estimate of drug-likeness (QED) is 0.0228. The number of amides is 4. The number of nitriles is 1. The molecule has 149 heavy (non-hydrogen) atoms. The highest BCUT2D eigenvalue weighted by molar-refractivity contribution is 6.33. The van der Waals surface area contributed by atoms with E-state index in [0.717, 1.165) is 178 Å². The molecule has 9 aliphatic rings. The Morgan fingerprint density at radius 3 is 1.14 bits per heavy atom. The largest absolute Gasteiger partial charge is 0.325 e. The Balaban J connectivity index is 0.000000130. The Morgan fingerprint density at radius 1 is 0.356 bits per heavy atom. The zero-order valence-electron chi connectivity index (χ0n) is 83.8. The number of benzene rings is 11. The van der Waals surface area contributed by atoms with Crippen molar-refractivity contribution >= 4 is 105 Å². The first kappa shape index (κ1) is 108. The lowest BCUT2D eigenvalue weighted by Crippen LogP contribution is -2.65. The van der Waals surface area contributed by atoms with Crippen molar-refractivity contribution in [3.05, 3.63) is 349 Å². The number of halogens is 10. The number of pyridine rings is 1. The highest BCUT2D eigenvalue weighted by Crippen LogP contribution is 2.48. The summed E-state index contributed by atoms with van der Waals surface area (Å²) in [5, 5.41) is 32.7. The minimum absolute atomic E-state index is 0.00389. The lowest BCUT2D eigenvalue weighted by molar-refractivity contribution is -0.135. The van der Waals surface area contributed by atoms with Crippen LogP contribution in [0.3, 0.4) is 0 Å². The average molecular weight is 2110 g/mol. The Labute approximate surface area is 896 Å². The molecule has 1 unspecified atom stereocenters. The second-order valence-electron chi connectivity index (χ2n) is 41.4. The number of hydrogen-bond donors (Lipinski definition) is 7. The first-order chi connectivity index (χ1) is 72.3. The Kier molecular flexibility index (Phi) is 36.0. The molecule has 5 saturated heterocycles. The van der Waals surface area contributed by atoms with E-state index >= 15 is 0 Å². The molecule has 18 nitrogen and oxygen atoms in total. The van der Waals surface area contributed by atoms with Crippen molar-refractivity contribution in [3.8, 4) is 50.6 Å². The summed E-state index contributed by atoms with van der Waals surface area (Å²) in [5.74, 6) is -1.26. The first-order valence-corrected chi connectivity index (χ1v) is 54.5. The molecule has 21 rings (SSSR count). The van der Waals surface area contributed by atoms with Gasteiger partial charge < -0.3 is 40.9 Å². The predicted octanol–water partition coefficient (Wildman–Crippen LogP) is 26.4. The number of anilines is 4. The lowest BCUT2D eigenvalue weighted by atomic mass is 9.75. The standard InChI is InChI=1S/C31H32ClN5O.C30H32Cl2FN3O.2C30H32ClF2N3O/c32-27-10-11-29(34-20-27)35-30(38)28-12-15-37(28)31(13-16-36(17-14-31)21-22-4-5-22)26-8-6-24(7-9-26)25-3-1-2-23(18-25)19-33;31-26-8-4-3-7-25(26)21-9-11-22(12-10-21)30(15-17-36(18-16-30)24-5-1-2-6-24)34-20-29(37)35-23-13-14-28(33)27(32)19-23;31-26-19-23(13-14-28(26)33)35-29(37)20-34-30(15-17-36(18-16-30)24-5-1-2-6-24)22-11-9-21(10-12-22)25-7-3-4-8-27(25)32;31-27-19-25(13-14-28(27)33)35-29(37)20-34-30(15-17-36(18-16-30)26-3-1-2-4-26)23-9-5-21(6-10-23)22-7-11-24(32)12-8-22/h1-3,6-11,18,20,22,28H,4-5,12-17,21H2,(H,34,35,38);2*3-4,7-14,19,24,34H,1-2,5-6,15-18,20H2,(H,35,37);5-14,19,26,34H,1-4,15-18,20H2,(H,35,37). The van der Waals surface area contributed by atoms with E-state index in [4.69, 9.17) is 58.0 Å². The maximum absolute atomic E-state index is 14.3. The van der Waals surface area contributed by atoms with E-state index in [-0.39, 0.29) is 98.2 Å². The summed E-state index contributed by atoms with van der Waals surface area (Å²) in [6.45, 7) is 10.5. The maximum atomic E-state index is 14.3. The molecule has 1 aromatic heterocycles. The number of likely N-dealkylation sites (tertiary alicyclic amines) is 5. The van der Waals surface area contributed by atoms with Gasteiger partial charge >= 0.3 is 0 Å². The summed E-state index contributed by atoms with van der Waals surface area (Å²) in [4.78, 5) is 69.0. The van der Waals surface area contributed by atoms with Crippen LogP contribution in [0.5, 0.6) is 0 Å². The molecular weight excluding hydrogens is 1990 g/mol. The van der Waals surface area contributed by atoms with Gasteiger partial charge in [-0.2, -0.15) is 5.26 Å². The van der Waals surface area contributed by atoms with Gasteiger partial charge in [0.25, 0.3) is 0 Å². The molecule has 11 aromatic carbocycles. The molecule has 6 heterocycles. The van der Waals surface area contributed by atoms with Crippen LogP contribution in [0.4, 0.5) is 44.8 Å². The van der Waals surface area contributed by atoms with Gasteiger partial charge in [0.1, 0.15) is 34.9 Å². The second kappa shape index (κ2) is 49.9. The smallest absolute Gasteiger partial charge is 0.242 e. The van der Waals surface area contributed by atoms with Crippen molar-refractivity contribution in [1.82, 2.24) is 45.4 Å². The number of nitrogens with zero attached hydrogens (tertiary/aromatic N) is 7. The Bertz CT molecular complexity index is 6420. The zero-order valence-corrected chi connectivity index (χ0v) is 87.6. The van der Waals surface area contributed by atoms with Gasteiger partial charge in [-0.3, -0.25) is 40.0 Å². The summed E-state index contributed by atoms with van der Waals surface area (Å²) in [5.41, 5.74) is 13.1. The fraction of sp³-hybridized carbons (Fsp3) is 0.372. The van der Waals surface area contributed by atoms with E-state index in [1.807, 2.05) is 66.7 Å². The van der Waals surface area contributed by atoms with E-state index in [1.165, 1.54) is 180 Å². The van der Waals surface area contributed by atoms with Crippen LogP contribution in [0.1, 0.15) is 175 Å². The zero-order chi connectivity index (χ0) is 104. The third-order valence-corrected chi connectivity index (χ3v) is 33.6. The number of hydrogen-bond acceptors (Lipinski definition) is 14. The number of carbonyl (C=O) groups excluding carboxylic acids is 4. The normalized spacial score (nSPS) is 18.9. The molecule has 28 heteroatoms. The van der Waals surface area contributed by atoms with Crippen LogP contribution < -0.4 is 37.2 Å². The molecule has 4 amide bonds. The summed E-state index contributed by atoms with van der Waals surface area (Å²) >= 11 is 30.0. The topological polar surface area (TPSA) is 205 Å². The molecule has 12 aromatic rings. The molecule has 0 radical (unpaired) electrons. The van der Waals surface area contributed by atoms with Crippen molar-refractivity contribution in [3.63, 3.8) is 0 Å². The van der Waals surface area contributed by atoms with Gasteiger partial charge in [0.15, 0.2) is 0 Å². The van der Waals surface area contributed by atoms with Crippen LogP contribution in [0.2, 0.25) is 25.1 Å². The second-order valence-corrected chi connectivity index (χ2v) is 43.4.